The Bertz CT molecular complexity index is 598. The van der Waals surface area contributed by atoms with Crippen molar-refractivity contribution in [1.82, 2.24) is 4.90 Å². The van der Waals surface area contributed by atoms with Crippen molar-refractivity contribution in [1.29, 1.82) is 0 Å². The van der Waals surface area contributed by atoms with Crippen LogP contribution in [-0.2, 0) is 20.7 Å². The molecule has 27 heavy (non-hydrogen) atoms. The van der Waals surface area contributed by atoms with Gasteiger partial charge in [0.15, 0.2) is 0 Å². The number of carbonyl (C=O) groups is 2. The van der Waals surface area contributed by atoms with E-state index >= 15 is 0 Å². The van der Waals surface area contributed by atoms with Crippen LogP contribution in [0.2, 0.25) is 0 Å². The van der Waals surface area contributed by atoms with Crippen molar-refractivity contribution in [3.63, 3.8) is 0 Å². The van der Waals surface area contributed by atoms with Gasteiger partial charge in [-0.2, -0.15) is 0 Å². The maximum Gasteiger partial charge on any atom is 0.414 e. The summed E-state index contributed by atoms with van der Waals surface area (Å²) in [4.78, 5) is 20.7. The number of ether oxygens (including phenoxy) is 2. The van der Waals surface area contributed by atoms with Crippen LogP contribution in [0.25, 0.3) is 0 Å². The quantitative estimate of drug-likeness (QED) is 0.407. The van der Waals surface area contributed by atoms with Crippen molar-refractivity contribution < 1.29 is 29.3 Å². The van der Waals surface area contributed by atoms with Gasteiger partial charge in [-0.3, -0.25) is 4.90 Å². The average molecular weight is 379 g/mol. The number of unbranched alkanes of at least 4 members (excludes halogenated alkanes) is 1. The van der Waals surface area contributed by atoms with Gasteiger partial charge >= 0.3 is 11.9 Å². The van der Waals surface area contributed by atoms with Crippen molar-refractivity contribution in [3.05, 3.63) is 42.0 Å². The molecule has 2 rings (SSSR count). The van der Waals surface area contributed by atoms with Gasteiger partial charge < -0.3 is 19.7 Å². The third-order valence-electron chi connectivity index (χ3n) is 3.99. The Labute approximate surface area is 160 Å². The highest BCUT2D eigenvalue weighted by Gasteiger charge is 2.09. The maximum atomic E-state index is 9.10. The average Bonchev–Trinajstić information content (AvgIpc) is 2.64. The zero-order valence-electron chi connectivity index (χ0n) is 15.9. The molecule has 0 amide bonds. The number of allylic oxidation sites excluding steroid dienone is 1. The van der Waals surface area contributed by atoms with E-state index in [4.69, 9.17) is 29.3 Å². The Hall–Kier alpha value is -2.38. The van der Waals surface area contributed by atoms with Gasteiger partial charge in [0.25, 0.3) is 0 Å². The van der Waals surface area contributed by atoms with Gasteiger partial charge in [0, 0.05) is 13.1 Å². The van der Waals surface area contributed by atoms with Crippen LogP contribution < -0.4 is 4.74 Å². The van der Waals surface area contributed by atoms with Crippen molar-refractivity contribution in [2.45, 2.75) is 26.2 Å². The lowest BCUT2D eigenvalue weighted by Gasteiger charge is -2.26. The molecular formula is C20H29NO6. The first-order valence-corrected chi connectivity index (χ1v) is 9.03. The predicted octanol–water partition coefficient (Wildman–Crippen LogP) is 2.37. The van der Waals surface area contributed by atoms with E-state index in [2.05, 4.69) is 36.6 Å². The van der Waals surface area contributed by atoms with Gasteiger partial charge in [0.1, 0.15) is 5.75 Å². The minimum absolute atomic E-state index is 0.789. The highest BCUT2D eigenvalue weighted by Crippen LogP contribution is 2.21. The number of hydrogen-bond donors (Lipinski definition) is 2. The summed E-state index contributed by atoms with van der Waals surface area (Å²) in [6, 6.07) is 6.37. The molecular weight excluding hydrogens is 350 g/mol. The first kappa shape index (κ1) is 22.7. The molecule has 150 valence electrons. The summed E-state index contributed by atoms with van der Waals surface area (Å²) in [5.41, 5.74) is 2.50. The molecule has 0 unspecified atom stereocenters. The van der Waals surface area contributed by atoms with Crippen LogP contribution in [-0.4, -0.2) is 66.5 Å². The molecule has 0 radical (unpaired) electrons. The summed E-state index contributed by atoms with van der Waals surface area (Å²) in [6.07, 6.45) is 5.08. The lowest BCUT2D eigenvalue weighted by molar-refractivity contribution is -0.159. The normalized spacial score (nSPS) is 14.0. The summed E-state index contributed by atoms with van der Waals surface area (Å²) in [5.74, 6) is -2.64. The summed E-state index contributed by atoms with van der Waals surface area (Å²) in [6.45, 7) is 11.8. The number of morpholine rings is 1. The van der Waals surface area contributed by atoms with Crippen LogP contribution >= 0.6 is 0 Å². The zero-order chi connectivity index (χ0) is 20.1. The highest BCUT2D eigenvalue weighted by atomic mass is 16.5. The number of benzene rings is 1. The van der Waals surface area contributed by atoms with Gasteiger partial charge in [-0.25, -0.2) is 9.59 Å². The van der Waals surface area contributed by atoms with Gasteiger partial charge in [-0.15, -0.1) is 6.58 Å². The Morgan fingerprint density at radius 3 is 2.48 bits per heavy atom. The maximum absolute atomic E-state index is 9.10. The molecule has 1 aliphatic rings. The molecule has 1 saturated heterocycles. The smallest absolute Gasteiger partial charge is 0.414 e. The molecule has 1 aromatic rings. The minimum atomic E-state index is -1.82. The monoisotopic (exact) mass is 379 g/mol. The third kappa shape index (κ3) is 9.77. The van der Waals surface area contributed by atoms with E-state index < -0.39 is 11.9 Å². The van der Waals surface area contributed by atoms with Gasteiger partial charge in [0.2, 0.25) is 0 Å². The second-order valence-corrected chi connectivity index (χ2v) is 6.22. The van der Waals surface area contributed by atoms with E-state index in [1.54, 1.807) is 0 Å². The summed E-state index contributed by atoms with van der Waals surface area (Å²) in [5, 5.41) is 14.8. The standard InChI is InChI=1S/C18H27NO2.C2H2O4/c1-3-6-17-15-16(2)7-8-18(17)21-12-5-4-9-19-10-13-20-14-11-19;3-1(4)2(5)6/h3,7-8,15H,1,4-6,9-14H2,2H3;(H,3,4)(H,5,6). The summed E-state index contributed by atoms with van der Waals surface area (Å²) in [7, 11) is 0. The highest BCUT2D eigenvalue weighted by molar-refractivity contribution is 6.27. The first-order valence-electron chi connectivity index (χ1n) is 9.03. The molecule has 0 spiro atoms. The molecule has 2 N–H and O–H groups in total. The first-order chi connectivity index (χ1) is 12.9. The minimum Gasteiger partial charge on any atom is -0.493 e. The van der Waals surface area contributed by atoms with Crippen molar-refractivity contribution in [2.75, 3.05) is 39.5 Å². The van der Waals surface area contributed by atoms with E-state index in [1.807, 2.05) is 6.08 Å². The molecule has 0 atom stereocenters. The SMILES string of the molecule is C=CCc1cc(C)ccc1OCCCCN1CCOCC1.O=C(O)C(=O)O. The Morgan fingerprint density at radius 2 is 1.89 bits per heavy atom. The van der Waals surface area contributed by atoms with Crippen molar-refractivity contribution >= 4 is 11.9 Å². The van der Waals surface area contributed by atoms with Crippen LogP contribution in [0.1, 0.15) is 24.0 Å². The Morgan fingerprint density at radius 1 is 1.22 bits per heavy atom. The van der Waals surface area contributed by atoms with E-state index in [0.717, 1.165) is 58.0 Å². The molecule has 0 saturated carbocycles. The van der Waals surface area contributed by atoms with E-state index in [9.17, 15) is 0 Å². The number of aryl methyl sites for hydroxylation is 1. The fourth-order valence-electron chi connectivity index (χ4n) is 2.61. The fraction of sp³-hybridized carbons (Fsp3) is 0.500. The molecule has 7 heteroatoms. The lowest BCUT2D eigenvalue weighted by Crippen LogP contribution is -2.36. The number of carboxylic acids is 2. The molecule has 1 fully saturated rings. The molecule has 1 heterocycles. The number of aliphatic carboxylic acids is 2. The number of carboxylic acid groups (broad SMARTS) is 2. The van der Waals surface area contributed by atoms with Gasteiger partial charge in [-0.05, 0) is 44.4 Å². The number of rotatable bonds is 8. The van der Waals surface area contributed by atoms with Gasteiger partial charge in [0.05, 0.1) is 19.8 Å². The second-order valence-electron chi connectivity index (χ2n) is 6.22. The second kappa shape index (κ2) is 12.9. The summed E-state index contributed by atoms with van der Waals surface area (Å²) < 4.78 is 11.3. The largest absolute Gasteiger partial charge is 0.493 e. The van der Waals surface area contributed by atoms with E-state index in [1.165, 1.54) is 17.5 Å². The summed E-state index contributed by atoms with van der Waals surface area (Å²) >= 11 is 0. The van der Waals surface area contributed by atoms with E-state index in [-0.39, 0.29) is 0 Å². The topological polar surface area (TPSA) is 96.3 Å². The van der Waals surface area contributed by atoms with Crippen molar-refractivity contribution in [2.24, 2.45) is 0 Å². The Balaban J connectivity index is 0.000000527. The van der Waals surface area contributed by atoms with Gasteiger partial charge in [-0.1, -0.05) is 23.8 Å². The van der Waals surface area contributed by atoms with Crippen LogP contribution in [0.3, 0.4) is 0 Å². The molecule has 0 aliphatic carbocycles. The molecule has 7 nitrogen and oxygen atoms in total. The molecule has 1 aromatic carbocycles. The number of nitrogens with zero attached hydrogens (tertiary/aromatic N) is 1. The molecule has 0 bridgehead atoms. The molecule has 0 aromatic heterocycles. The lowest BCUT2D eigenvalue weighted by atomic mass is 10.1. The van der Waals surface area contributed by atoms with Crippen LogP contribution in [0.4, 0.5) is 0 Å². The zero-order valence-corrected chi connectivity index (χ0v) is 15.9. The van der Waals surface area contributed by atoms with Crippen LogP contribution in [0, 0.1) is 6.92 Å². The number of hydrogen-bond acceptors (Lipinski definition) is 5. The Kier molecular flexibility index (Phi) is 10.8. The predicted molar refractivity (Wildman–Crippen MR) is 102 cm³/mol. The van der Waals surface area contributed by atoms with Crippen LogP contribution in [0.5, 0.6) is 5.75 Å². The molecule has 1 aliphatic heterocycles. The van der Waals surface area contributed by atoms with Crippen molar-refractivity contribution in [3.8, 4) is 5.75 Å². The fourth-order valence-corrected chi connectivity index (χ4v) is 2.61. The third-order valence-corrected chi connectivity index (χ3v) is 3.99. The van der Waals surface area contributed by atoms with E-state index in [0.29, 0.717) is 0 Å². The van der Waals surface area contributed by atoms with Crippen LogP contribution in [0.15, 0.2) is 30.9 Å².